The van der Waals surface area contributed by atoms with E-state index in [1.807, 2.05) is 35.0 Å². The Kier molecular flexibility index (Phi) is 5.77. The van der Waals surface area contributed by atoms with E-state index in [-0.39, 0.29) is 12.0 Å². The fourth-order valence-corrected chi connectivity index (χ4v) is 5.70. The van der Waals surface area contributed by atoms with E-state index < -0.39 is 10.1 Å². The van der Waals surface area contributed by atoms with Crippen LogP contribution in [-0.4, -0.2) is 86.3 Å². The number of pyridine rings is 2. The van der Waals surface area contributed by atoms with Gasteiger partial charge >= 0.3 is 0 Å². The number of hydrogen-bond donors (Lipinski definition) is 0. The number of thiazole rings is 1. The summed E-state index contributed by atoms with van der Waals surface area (Å²) in [4.78, 5) is 31.8. The monoisotopic (exact) mass is 488 g/mol. The van der Waals surface area contributed by atoms with Gasteiger partial charge < -0.3 is 4.90 Å². The van der Waals surface area contributed by atoms with Gasteiger partial charge in [0.15, 0.2) is 0 Å². The predicted molar refractivity (Wildman–Crippen MR) is 127 cm³/mol. The van der Waals surface area contributed by atoms with Crippen molar-refractivity contribution < 1.29 is 17.4 Å². The second-order valence-electron chi connectivity index (χ2n) is 8.37. The molecule has 2 saturated heterocycles. The Labute approximate surface area is 195 Å². The van der Waals surface area contributed by atoms with Gasteiger partial charge in [0, 0.05) is 44.0 Å². The van der Waals surface area contributed by atoms with Crippen molar-refractivity contribution in [1.29, 1.82) is 0 Å². The molecule has 12 heteroatoms. The van der Waals surface area contributed by atoms with Crippen LogP contribution in [0.2, 0.25) is 0 Å². The minimum atomic E-state index is -3.47. The summed E-state index contributed by atoms with van der Waals surface area (Å²) in [6.07, 6.45) is 4.85. The molecule has 174 valence electrons. The lowest BCUT2D eigenvalue weighted by Gasteiger charge is -2.31. The number of piperazine rings is 1. The summed E-state index contributed by atoms with van der Waals surface area (Å²) in [6.45, 7) is 3.00. The molecule has 2 aliphatic rings. The smallest absolute Gasteiger partial charge is 0.264 e. The van der Waals surface area contributed by atoms with E-state index in [9.17, 15) is 13.2 Å². The normalized spacial score (nSPS) is 20.2. The van der Waals surface area contributed by atoms with E-state index in [0.29, 0.717) is 38.4 Å². The third kappa shape index (κ3) is 4.83. The van der Waals surface area contributed by atoms with Crippen LogP contribution in [0.3, 0.4) is 0 Å². The van der Waals surface area contributed by atoms with E-state index in [1.165, 1.54) is 11.3 Å². The molecular formula is C21H24N6O4S2. The Morgan fingerprint density at radius 3 is 2.67 bits per heavy atom. The Morgan fingerprint density at radius 2 is 1.94 bits per heavy atom. The molecule has 0 spiro atoms. The van der Waals surface area contributed by atoms with Crippen molar-refractivity contribution in [2.75, 3.05) is 55.8 Å². The number of amides is 1. The van der Waals surface area contributed by atoms with Gasteiger partial charge in [0.1, 0.15) is 22.2 Å². The molecule has 0 radical (unpaired) electrons. The topological polar surface area (TPSA) is 109 Å². The second-order valence-corrected chi connectivity index (χ2v) is 11.0. The number of carbonyl (C=O) groups excluding carboxylic acids is 1. The summed E-state index contributed by atoms with van der Waals surface area (Å²) in [6, 6.07) is 5.80. The molecular weight excluding hydrogens is 464 g/mol. The van der Waals surface area contributed by atoms with Crippen molar-refractivity contribution in [2.45, 2.75) is 12.5 Å². The number of anilines is 2. The SMILES string of the molecule is CN1CCN(c2cc3sc(-c4ccc(N5CC[C@H](OS(C)(=O)=O)C5)nc4)nc3cn2)C(=O)C1. The molecule has 10 nitrogen and oxygen atoms in total. The lowest BCUT2D eigenvalue weighted by atomic mass is 10.3. The van der Waals surface area contributed by atoms with E-state index >= 15 is 0 Å². The molecule has 0 N–H and O–H groups in total. The Balaban J connectivity index is 1.32. The van der Waals surface area contributed by atoms with E-state index in [2.05, 4.69) is 15.0 Å². The summed E-state index contributed by atoms with van der Waals surface area (Å²) in [7, 11) is -1.53. The van der Waals surface area contributed by atoms with Gasteiger partial charge in [-0.15, -0.1) is 11.3 Å². The van der Waals surface area contributed by atoms with Gasteiger partial charge in [-0.3, -0.25) is 18.8 Å². The van der Waals surface area contributed by atoms with Crippen LogP contribution in [0.15, 0.2) is 30.6 Å². The van der Waals surface area contributed by atoms with Crippen molar-refractivity contribution in [3.05, 3.63) is 30.6 Å². The van der Waals surface area contributed by atoms with Crippen LogP contribution in [0.5, 0.6) is 0 Å². The largest absolute Gasteiger partial charge is 0.354 e. The highest BCUT2D eigenvalue weighted by Crippen LogP contribution is 2.32. The van der Waals surface area contributed by atoms with Gasteiger partial charge in [-0.05, 0) is 25.6 Å². The van der Waals surface area contributed by atoms with Crippen LogP contribution < -0.4 is 9.80 Å². The van der Waals surface area contributed by atoms with Gasteiger partial charge in [0.2, 0.25) is 5.91 Å². The summed E-state index contributed by atoms with van der Waals surface area (Å²) in [5, 5.41) is 0.826. The number of rotatable bonds is 5. The molecule has 0 aliphatic carbocycles. The summed E-state index contributed by atoms with van der Waals surface area (Å²) >= 11 is 1.54. The van der Waals surface area contributed by atoms with Crippen LogP contribution >= 0.6 is 11.3 Å². The molecule has 5 rings (SSSR count). The molecule has 0 bridgehead atoms. The molecule has 1 amide bonds. The maximum Gasteiger partial charge on any atom is 0.264 e. The van der Waals surface area contributed by atoms with Crippen LogP contribution in [0.4, 0.5) is 11.6 Å². The zero-order valence-electron chi connectivity index (χ0n) is 18.3. The molecule has 5 heterocycles. The van der Waals surface area contributed by atoms with Crippen molar-refractivity contribution in [3.8, 4) is 10.6 Å². The molecule has 1 atom stereocenters. The third-order valence-corrected chi connectivity index (χ3v) is 7.41. The zero-order valence-corrected chi connectivity index (χ0v) is 20.0. The third-order valence-electron chi connectivity index (χ3n) is 5.72. The fraction of sp³-hybridized carbons (Fsp3) is 0.429. The van der Waals surface area contributed by atoms with Crippen LogP contribution in [0, 0.1) is 0 Å². The average Bonchev–Trinajstić information content (AvgIpc) is 3.39. The van der Waals surface area contributed by atoms with Crippen LogP contribution in [0.25, 0.3) is 20.8 Å². The fourth-order valence-electron chi connectivity index (χ4n) is 4.09. The number of aromatic nitrogens is 3. The highest BCUT2D eigenvalue weighted by molar-refractivity contribution is 7.86. The molecule has 2 aliphatic heterocycles. The highest BCUT2D eigenvalue weighted by atomic mass is 32.2. The second kappa shape index (κ2) is 8.60. The molecule has 33 heavy (non-hydrogen) atoms. The maximum atomic E-state index is 12.4. The molecule has 0 saturated carbocycles. The zero-order chi connectivity index (χ0) is 23.2. The number of nitrogens with zero attached hydrogens (tertiary/aromatic N) is 6. The molecule has 0 unspecified atom stereocenters. The van der Waals surface area contributed by atoms with Crippen molar-refractivity contribution in [2.24, 2.45) is 0 Å². The predicted octanol–water partition coefficient (Wildman–Crippen LogP) is 1.59. The first-order valence-corrected chi connectivity index (χ1v) is 13.2. The number of fused-ring (bicyclic) bond motifs is 1. The number of likely N-dealkylation sites (N-methyl/N-ethyl adjacent to an activating group) is 1. The van der Waals surface area contributed by atoms with Gasteiger partial charge in [0.25, 0.3) is 10.1 Å². The number of carbonyl (C=O) groups is 1. The summed E-state index contributed by atoms with van der Waals surface area (Å²) < 4.78 is 28.8. The van der Waals surface area contributed by atoms with Crippen molar-refractivity contribution in [1.82, 2.24) is 19.9 Å². The first-order chi connectivity index (χ1) is 15.7. The van der Waals surface area contributed by atoms with Crippen molar-refractivity contribution >= 4 is 49.2 Å². The summed E-state index contributed by atoms with van der Waals surface area (Å²) in [5.74, 6) is 1.48. The lowest BCUT2D eigenvalue weighted by Crippen LogP contribution is -2.49. The molecule has 0 aromatic carbocycles. The molecule has 3 aromatic heterocycles. The lowest BCUT2D eigenvalue weighted by molar-refractivity contribution is -0.120. The quantitative estimate of drug-likeness (QED) is 0.495. The first kappa shape index (κ1) is 22.1. The van der Waals surface area contributed by atoms with E-state index in [4.69, 9.17) is 4.18 Å². The number of hydrogen-bond acceptors (Lipinski definition) is 10. The molecule has 3 aromatic rings. The highest BCUT2D eigenvalue weighted by Gasteiger charge is 2.27. The standard InChI is InChI=1S/C21H24N6O4S2/c1-25-7-8-27(20(28)13-25)19-9-17-16(11-23-19)24-21(32-17)14-3-4-18(22-10-14)26-6-5-15(12-26)31-33(2,29)30/h3-4,9-11,15H,5-8,12-13H2,1-2H3/t15-/m0/s1. The minimum absolute atomic E-state index is 0.0474. The Hall–Kier alpha value is -2.67. The van der Waals surface area contributed by atoms with Gasteiger partial charge in [-0.2, -0.15) is 8.42 Å². The van der Waals surface area contributed by atoms with Crippen LogP contribution in [0.1, 0.15) is 6.42 Å². The van der Waals surface area contributed by atoms with E-state index in [0.717, 1.165) is 39.4 Å². The maximum absolute atomic E-state index is 12.4. The Bertz CT molecular complexity index is 1290. The van der Waals surface area contributed by atoms with Crippen molar-refractivity contribution in [3.63, 3.8) is 0 Å². The van der Waals surface area contributed by atoms with E-state index in [1.54, 1.807) is 17.3 Å². The van der Waals surface area contributed by atoms with Crippen LogP contribution in [-0.2, 0) is 19.1 Å². The minimum Gasteiger partial charge on any atom is -0.354 e. The Morgan fingerprint density at radius 1 is 1.12 bits per heavy atom. The van der Waals surface area contributed by atoms with Gasteiger partial charge in [-0.25, -0.2) is 15.0 Å². The van der Waals surface area contributed by atoms with Gasteiger partial charge in [0.05, 0.1) is 29.8 Å². The molecule has 2 fully saturated rings. The summed E-state index contributed by atoms with van der Waals surface area (Å²) in [5.41, 5.74) is 1.67. The van der Waals surface area contributed by atoms with Gasteiger partial charge in [-0.1, -0.05) is 0 Å². The first-order valence-electron chi connectivity index (χ1n) is 10.6. The average molecular weight is 489 g/mol.